The highest BCUT2D eigenvalue weighted by Gasteiger charge is 2.45. The number of carbonyl (C=O) groups excluding carboxylic acids is 1. The Morgan fingerprint density at radius 2 is 2.06 bits per heavy atom. The molecule has 1 amide bonds. The molecule has 0 aromatic carbocycles. The first-order valence-corrected chi connectivity index (χ1v) is 6.90. The standard InChI is InChI=1S/C14H28N2O/c1-6-12(4)9-16(5)13(17)14(11(2)3)7-8-15-10-14/h11-12,15H,6-10H2,1-5H3. The van der Waals surface area contributed by atoms with Gasteiger partial charge in [-0.25, -0.2) is 0 Å². The molecule has 100 valence electrons. The molecule has 0 aliphatic carbocycles. The van der Waals surface area contributed by atoms with E-state index in [1.165, 1.54) is 0 Å². The van der Waals surface area contributed by atoms with Crippen LogP contribution in [-0.2, 0) is 4.79 Å². The van der Waals surface area contributed by atoms with Crippen molar-refractivity contribution in [1.82, 2.24) is 10.2 Å². The second-order valence-electron chi connectivity index (χ2n) is 5.94. The lowest BCUT2D eigenvalue weighted by Crippen LogP contribution is -2.47. The summed E-state index contributed by atoms with van der Waals surface area (Å²) in [4.78, 5) is 14.6. The molecule has 1 N–H and O–H groups in total. The van der Waals surface area contributed by atoms with E-state index in [0.717, 1.165) is 32.5 Å². The van der Waals surface area contributed by atoms with Gasteiger partial charge in [0.25, 0.3) is 0 Å². The van der Waals surface area contributed by atoms with Crippen LogP contribution in [0.1, 0.15) is 40.5 Å². The fourth-order valence-corrected chi connectivity index (χ4v) is 2.69. The van der Waals surface area contributed by atoms with Crippen molar-refractivity contribution in [2.24, 2.45) is 17.3 Å². The van der Waals surface area contributed by atoms with Crippen LogP contribution in [0.25, 0.3) is 0 Å². The average Bonchev–Trinajstić information content (AvgIpc) is 2.77. The van der Waals surface area contributed by atoms with Gasteiger partial charge in [0.1, 0.15) is 0 Å². The van der Waals surface area contributed by atoms with Crippen LogP contribution in [0.4, 0.5) is 0 Å². The molecule has 1 aliphatic heterocycles. The summed E-state index contributed by atoms with van der Waals surface area (Å²) in [5, 5.41) is 3.35. The van der Waals surface area contributed by atoms with E-state index in [1.807, 2.05) is 11.9 Å². The third-order valence-electron chi connectivity index (χ3n) is 4.35. The van der Waals surface area contributed by atoms with Gasteiger partial charge >= 0.3 is 0 Å². The Kier molecular flexibility index (Phi) is 4.99. The molecular weight excluding hydrogens is 212 g/mol. The molecule has 0 radical (unpaired) electrons. The third kappa shape index (κ3) is 3.01. The maximum atomic E-state index is 12.6. The van der Waals surface area contributed by atoms with E-state index in [9.17, 15) is 4.79 Å². The summed E-state index contributed by atoms with van der Waals surface area (Å²) in [5.74, 6) is 1.32. The molecule has 1 rings (SSSR count). The number of carbonyl (C=O) groups is 1. The maximum absolute atomic E-state index is 12.6. The van der Waals surface area contributed by atoms with Crippen LogP contribution in [0, 0.1) is 17.3 Å². The molecule has 1 aliphatic rings. The van der Waals surface area contributed by atoms with Crippen LogP contribution in [0.3, 0.4) is 0 Å². The van der Waals surface area contributed by atoms with Crippen LogP contribution in [0.15, 0.2) is 0 Å². The minimum absolute atomic E-state index is 0.164. The Morgan fingerprint density at radius 3 is 2.47 bits per heavy atom. The van der Waals surface area contributed by atoms with Gasteiger partial charge in [0.05, 0.1) is 5.41 Å². The van der Waals surface area contributed by atoms with E-state index in [2.05, 4.69) is 33.0 Å². The highest BCUT2D eigenvalue weighted by Crippen LogP contribution is 2.36. The second-order valence-corrected chi connectivity index (χ2v) is 5.94. The Morgan fingerprint density at radius 1 is 1.41 bits per heavy atom. The Balaban J connectivity index is 2.72. The SMILES string of the molecule is CCC(C)CN(C)C(=O)C1(C(C)C)CCNC1. The highest BCUT2D eigenvalue weighted by atomic mass is 16.2. The Labute approximate surface area is 106 Å². The predicted molar refractivity (Wildman–Crippen MR) is 71.8 cm³/mol. The van der Waals surface area contributed by atoms with E-state index in [1.54, 1.807) is 0 Å². The first-order chi connectivity index (χ1) is 7.94. The fraction of sp³-hybridized carbons (Fsp3) is 0.929. The van der Waals surface area contributed by atoms with Crippen molar-refractivity contribution in [2.75, 3.05) is 26.7 Å². The van der Waals surface area contributed by atoms with Gasteiger partial charge in [-0.3, -0.25) is 4.79 Å². The number of hydrogen-bond acceptors (Lipinski definition) is 2. The smallest absolute Gasteiger partial charge is 0.230 e. The second kappa shape index (κ2) is 5.85. The van der Waals surface area contributed by atoms with Gasteiger partial charge in [0.2, 0.25) is 5.91 Å². The van der Waals surface area contributed by atoms with E-state index < -0.39 is 0 Å². The molecule has 0 spiro atoms. The third-order valence-corrected chi connectivity index (χ3v) is 4.35. The molecule has 1 heterocycles. The molecule has 0 aromatic rings. The van der Waals surface area contributed by atoms with Gasteiger partial charge in [0, 0.05) is 20.1 Å². The molecule has 0 aromatic heterocycles. The summed E-state index contributed by atoms with van der Waals surface area (Å²) in [7, 11) is 1.96. The number of rotatable bonds is 5. The monoisotopic (exact) mass is 240 g/mol. The quantitative estimate of drug-likeness (QED) is 0.798. The van der Waals surface area contributed by atoms with Crippen molar-refractivity contribution in [3.63, 3.8) is 0 Å². The summed E-state index contributed by atoms with van der Waals surface area (Å²) < 4.78 is 0. The average molecular weight is 240 g/mol. The number of nitrogens with zero attached hydrogens (tertiary/aromatic N) is 1. The van der Waals surface area contributed by atoms with Crippen LogP contribution in [0.2, 0.25) is 0 Å². The van der Waals surface area contributed by atoms with Crippen LogP contribution in [0.5, 0.6) is 0 Å². The van der Waals surface area contributed by atoms with Crippen molar-refractivity contribution in [2.45, 2.75) is 40.5 Å². The van der Waals surface area contributed by atoms with Crippen LogP contribution < -0.4 is 5.32 Å². The van der Waals surface area contributed by atoms with Gasteiger partial charge in [-0.05, 0) is 24.8 Å². The van der Waals surface area contributed by atoms with Gasteiger partial charge in [-0.1, -0.05) is 34.1 Å². The van der Waals surface area contributed by atoms with Crippen LogP contribution in [-0.4, -0.2) is 37.5 Å². The Hall–Kier alpha value is -0.570. The molecule has 1 saturated heterocycles. The summed E-state index contributed by atoms with van der Waals surface area (Å²) >= 11 is 0. The number of amides is 1. The zero-order chi connectivity index (χ0) is 13.1. The minimum Gasteiger partial charge on any atom is -0.345 e. The lowest BCUT2D eigenvalue weighted by atomic mass is 9.75. The van der Waals surface area contributed by atoms with Gasteiger partial charge in [0.15, 0.2) is 0 Å². The first-order valence-electron chi connectivity index (χ1n) is 6.90. The highest BCUT2D eigenvalue weighted by molar-refractivity contribution is 5.83. The van der Waals surface area contributed by atoms with Crippen molar-refractivity contribution >= 4 is 5.91 Å². The number of hydrogen-bond donors (Lipinski definition) is 1. The van der Waals surface area contributed by atoms with E-state index in [0.29, 0.717) is 17.7 Å². The Bertz CT molecular complexity index is 257. The predicted octanol–water partition coefficient (Wildman–Crippen LogP) is 2.13. The zero-order valence-electron chi connectivity index (χ0n) is 12.0. The molecule has 17 heavy (non-hydrogen) atoms. The number of nitrogens with one attached hydrogen (secondary N) is 1. The molecule has 2 unspecified atom stereocenters. The van der Waals surface area contributed by atoms with Gasteiger partial charge < -0.3 is 10.2 Å². The fourth-order valence-electron chi connectivity index (χ4n) is 2.69. The van der Waals surface area contributed by atoms with E-state index >= 15 is 0 Å². The van der Waals surface area contributed by atoms with E-state index in [4.69, 9.17) is 0 Å². The molecule has 2 atom stereocenters. The zero-order valence-corrected chi connectivity index (χ0v) is 12.0. The summed E-state index contributed by atoms with van der Waals surface area (Å²) in [6.45, 7) is 11.4. The lowest BCUT2D eigenvalue weighted by Gasteiger charge is -2.36. The topological polar surface area (TPSA) is 32.3 Å². The molecule has 3 nitrogen and oxygen atoms in total. The molecule has 1 fully saturated rings. The van der Waals surface area contributed by atoms with Gasteiger partial charge in [-0.15, -0.1) is 0 Å². The van der Waals surface area contributed by atoms with Crippen LogP contribution >= 0.6 is 0 Å². The maximum Gasteiger partial charge on any atom is 0.230 e. The molecular formula is C14H28N2O. The first kappa shape index (κ1) is 14.5. The molecule has 0 saturated carbocycles. The minimum atomic E-state index is -0.164. The largest absolute Gasteiger partial charge is 0.345 e. The van der Waals surface area contributed by atoms with Crippen molar-refractivity contribution in [3.05, 3.63) is 0 Å². The van der Waals surface area contributed by atoms with Crippen molar-refractivity contribution in [3.8, 4) is 0 Å². The van der Waals surface area contributed by atoms with Crippen molar-refractivity contribution < 1.29 is 4.79 Å². The van der Waals surface area contributed by atoms with Crippen molar-refractivity contribution in [1.29, 1.82) is 0 Å². The lowest BCUT2D eigenvalue weighted by molar-refractivity contribution is -0.142. The summed E-state index contributed by atoms with van der Waals surface area (Å²) in [5.41, 5.74) is -0.164. The molecule has 3 heteroatoms. The van der Waals surface area contributed by atoms with Gasteiger partial charge in [-0.2, -0.15) is 0 Å². The normalized spacial score (nSPS) is 26.2. The van der Waals surface area contributed by atoms with E-state index in [-0.39, 0.29) is 5.41 Å². The summed E-state index contributed by atoms with van der Waals surface area (Å²) in [6, 6.07) is 0. The molecule has 0 bridgehead atoms. The summed E-state index contributed by atoms with van der Waals surface area (Å²) in [6.07, 6.45) is 2.11.